The van der Waals surface area contributed by atoms with E-state index in [-0.39, 0.29) is 30.5 Å². The number of cyclic esters (lactones) is 1. The number of ether oxygens (including phenoxy) is 1. The van der Waals surface area contributed by atoms with Crippen LogP contribution < -0.4 is 0 Å². The monoisotopic (exact) mass is 350 g/mol. The molecule has 6 atom stereocenters. The molecule has 0 aromatic carbocycles. The summed E-state index contributed by atoms with van der Waals surface area (Å²) in [5, 5.41) is 31.2. The number of fused-ring (bicyclic) bond motifs is 1. The predicted octanol–water partition coefficient (Wildman–Crippen LogP) is 1.96. The quantitative estimate of drug-likeness (QED) is 0.533. The van der Waals surface area contributed by atoms with Crippen LogP contribution in [-0.4, -0.2) is 46.7 Å². The van der Waals surface area contributed by atoms with Crippen molar-refractivity contribution in [3.8, 4) is 0 Å². The Balaban J connectivity index is 1.88. The van der Waals surface area contributed by atoms with Crippen molar-refractivity contribution in [2.45, 2.75) is 58.2 Å². The molecule has 3 N–H and O–H groups in total. The Bertz CT molecular complexity index is 597. The predicted molar refractivity (Wildman–Crippen MR) is 93.6 cm³/mol. The molecule has 0 bridgehead atoms. The van der Waals surface area contributed by atoms with Gasteiger partial charge in [-0.1, -0.05) is 26.0 Å². The number of hydrogen-bond donors (Lipinski definition) is 3. The van der Waals surface area contributed by atoms with Crippen LogP contribution in [0.1, 0.15) is 46.0 Å². The van der Waals surface area contributed by atoms with E-state index in [2.05, 4.69) is 13.5 Å². The molecule has 3 aliphatic rings. The molecule has 0 aromatic heterocycles. The van der Waals surface area contributed by atoms with Gasteiger partial charge in [0.25, 0.3) is 0 Å². The first-order valence-electron chi connectivity index (χ1n) is 9.26. The number of aliphatic hydroxyl groups excluding tert-OH is 3. The summed E-state index contributed by atoms with van der Waals surface area (Å²) in [6.07, 6.45) is 3.89. The number of carbonyl (C=O) groups excluding carboxylic acids is 1. The van der Waals surface area contributed by atoms with Gasteiger partial charge in [0.05, 0.1) is 24.4 Å². The van der Waals surface area contributed by atoms with E-state index in [1.165, 1.54) is 0 Å². The normalized spacial score (nSPS) is 42.6. The Morgan fingerprint density at radius 3 is 2.72 bits per heavy atom. The molecule has 0 spiro atoms. The lowest BCUT2D eigenvalue weighted by molar-refractivity contribution is -0.154. The van der Waals surface area contributed by atoms with Crippen molar-refractivity contribution in [1.29, 1.82) is 0 Å². The van der Waals surface area contributed by atoms with Gasteiger partial charge in [-0.25, -0.2) is 4.79 Å². The van der Waals surface area contributed by atoms with Gasteiger partial charge in [0.15, 0.2) is 0 Å². The zero-order valence-electron chi connectivity index (χ0n) is 15.2. The fourth-order valence-electron chi connectivity index (χ4n) is 5.63. The molecule has 3 rings (SSSR count). The molecule has 1 heterocycles. The van der Waals surface area contributed by atoms with Crippen molar-refractivity contribution >= 4 is 5.97 Å². The molecule has 2 fully saturated rings. The van der Waals surface area contributed by atoms with Crippen LogP contribution in [0.15, 0.2) is 23.8 Å². The molecular formula is C20H30O5. The van der Waals surface area contributed by atoms with E-state index >= 15 is 0 Å². The molecule has 25 heavy (non-hydrogen) atoms. The van der Waals surface area contributed by atoms with Gasteiger partial charge in [-0.15, -0.1) is 0 Å². The van der Waals surface area contributed by atoms with E-state index < -0.39 is 23.6 Å². The largest absolute Gasteiger partial charge is 0.458 e. The van der Waals surface area contributed by atoms with Crippen LogP contribution in [0.3, 0.4) is 0 Å². The summed E-state index contributed by atoms with van der Waals surface area (Å²) in [7, 11) is 0. The highest BCUT2D eigenvalue weighted by molar-refractivity contribution is 5.91. The molecule has 140 valence electrons. The van der Waals surface area contributed by atoms with Crippen molar-refractivity contribution in [3.63, 3.8) is 0 Å². The van der Waals surface area contributed by atoms with Crippen LogP contribution in [0.5, 0.6) is 0 Å². The van der Waals surface area contributed by atoms with Gasteiger partial charge in [0.1, 0.15) is 6.61 Å². The zero-order chi connectivity index (χ0) is 18.4. The average molecular weight is 350 g/mol. The highest BCUT2D eigenvalue weighted by Gasteiger charge is 2.57. The summed E-state index contributed by atoms with van der Waals surface area (Å²) >= 11 is 0. The summed E-state index contributed by atoms with van der Waals surface area (Å²) < 4.78 is 4.92. The summed E-state index contributed by atoms with van der Waals surface area (Å²) in [4.78, 5) is 11.8. The smallest absolute Gasteiger partial charge is 0.336 e. The maximum Gasteiger partial charge on any atom is 0.336 e. The maximum atomic E-state index is 11.8. The number of hydrogen-bond acceptors (Lipinski definition) is 5. The third-order valence-electron chi connectivity index (χ3n) is 7.26. The van der Waals surface area contributed by atoms with Crippen molar-refractivity contribution in [1.82, 2.24) is 0 Å². The van der Waals surface area contributed by atoms with E-state index in [0.717, 1.165) is 24.8 Å². The molecule has 0 aromatic rings. The molecule has 2 saturated carbocycles. The molecule has 0 radical (unpaired) electrons. The fourth-order valence-corrected chi connectivity index (χ4v) is 5.63. The van der Waals surface area contributed by atoms with Gasteiger partial charge >= 0.3 is 5.97 Å². The Morgan fingerprint density at radius 1 is 1.40 bits per heavy atom. The van der Waals surface area contributed by atoms with Crippen LogP contribution >= 0.6 is 0 Å². The van der Waals surface area contributed by atoms with Gasteiger partial charge in [0.2, 0.25) is 0 Å². The van der Waals surface area contributed by atoms with Gasteiger partial charge in [-0.05, 0) is 55.4 Å². The Kier molecular flexibility index (Phi) is 4.86. The number of aliphatic hydroxyl groups is 3. The lowest BCUT2D eigenvalue weighted by atomic mass is 9.46. The zero-order valence-corrected chi connectivity index (χ0v) is 15.2. The fraction of sp³-hybridized carbons (Fsp3) is 0.750. The van der Waals surface area contributed by atoms with Gasteiger partial charge in [-0.2, -0.15) is 0 Å². The topological polar surface area (TPSA) is 87.0 Å². The van der Waals surface area contributed by atoms with Gasteiger partial charge < -0.3 is 20.1 Å². The molecule has 4 unspecified atom stereocenters. The number of allylic oxidation sites excluding steroid dienone is 1. The summed E-state index contributed by atoms with van der Waals surface area (Å²) in [5.74, 6) is -0.232. The van der Waals surface area contributed by atoms with E-state index in [1.807, 2.05) is 6.92 Å². The standard InChI is InChI=1S/C20H30O5/c1-12-4-5-16-19(2,8-6-17(23)20(16,3)11-21)14(12)10-15(22)13-7-9-25-18(13)24/h7,14-17,21-23H,1,4-6,8-11H2,2-3H3/t14?,15?,16?,17?,19-,20-/m0/s1. The van der Waals surface area contributed by atoms with E-state index in [1.54, 1.807) is 6.08 Å². The second kappa shape index (κ2) is 6.53. The van der Waals surface area contributed by atoms with Crippen molar-refractivity contribution in [2.24, 2.45) is 22.7 Å². The summed E-state index contributed by atoms with van der Waals surface area (Å²) in [5.41, 5.74) is 0.749. The first kappa shape index (κ1) is 18.6. The second-order valence-electron chi connectivity index (χ2n) is 8.54. The summed E-state index contributed by atoms with van der Waals surface area (Å²) in [6, 6.07) is 0. The molecule has 5 heteroatoms. The van der Waals surface area contributed by atoms with E-state index in [9.17, 15) is 20.1 Å². The summed E-state index contributed by atoms with van der Waals surface area (Å²) in [6.45, 7) is 8.60. The Hall–Kier alpha value is -1.17. The van der Waals surface area contributed by atoms with Crippen molar-refractivity contribution in [2.75, 3.05) is 13.2 Å². The van der Waals surface area contributed by atoms with Crippen LogP contribution in [0.2, 0.25) is 0 Å². The van der Waals surface area contributed by atoms with Crippen LogP contribution in [0, 0.1) is 22.7 Å². The lowest BCUT2D eigenvalue weighted by Crippen LogP contribution is -2.57. The Labute approximate surface area is 149 Å². The molecular weight excluding hydrogens is 320 g/mol. The van der Waals surface area contributed by atoms with Crippen molar-refractivity contribution in [3.05, 3.63) is 23.8 Å². The molecule has 2 aliphatic carbocycles. The van der Waals surface area contributed by atoms with Crippen molar-refractivity contribution < 1.29 is 24.9 Å². The second-order valence-corrected chi connectivity index (χ2v) is 8.54. The minimum atomic E-state index is -0.862. The van der Waals surface area contributed by atoms with Gasteiger partial charge in [-0.3, -0.25) is 0 Å². The number of esters is 1. The minimum Gasteiger partial charge on any atom is -0.458 e. The minimum absolute atomic E-state index is 0.0480. The highest BCUT2D eigenvalue weighted by Crippen LogP contribution is 2.61. The highest BCUT2D eigenvalue weighted by atomic mass is 16.5. The van der Waals surface area contributed by atoms with Crippen LogP contribution in [0.25, 0.3) is 0 Å². The van der Waals surface area contributed by atoms with E-state index in [0.29, 0.717) is 18.4 Å². The van der Waals surface area contributed by atoms with Crippen LogP contribution in [-0.2, 0) is 9.53 Å². The number of carbonyl (C=O) groups is 1. The molecule has 0 amide bonds. The molecule has 0 saturated heterocycles. The van der Waals surface area contributed by atoms with Gasteiger partial charge in [0, 0.05) is 5.41 Å². The van der Waals surface area contributed by atoms with E-state index in [4.69, 9.17) is 4.74 Å². The molecule has 1 aliphatic heterocycles. The first-order chi connectivity index (χ1) is 11.7. The maximum absolute atomic E-state index is 11.8. The third-order valence-corrected chi connectivity index (χ3v) is 7.26. The Morgan fingerprint density at radius 2 is 2.12 bits per heavy atom. The SMILES string of the molecule is C=C1CCC2[C@@](C)(CCC(O)[C@@]2(C)CO)C1CC(O)C1=CCOC1=O. The number of rotatable bonds is 4. The molecule has 5 nitrogen and oxygen atoms in total. The third kappa shape index (κ3) is 2.86. The average Bonchev–Trinajstić information content (AvgIpc) is 3.01. The van der Waals surface area contributed by atoms with Crippen LogP contribution in [0.4, 0.5) is 0 Å². The first-order valence-corrected chi connectivity index (χ1v) is 9.26. The lowest BCUT2D eigenvalue weighted by Gasteiger charge is -2.60.